The lowest BCUT2D eigenvalue weighted by Crippen LogP contribution is -2.42. The molecule has 1 saturated carbocycles. The van der Waals surface area contributed by atoms with Crippen molar-refractivity contribution in [2.75, 3.05) is 0 Å². The monoisotopic (exact) mass is 293 g/mol. The molecule has 5 heteroatoms. The first-order chi connectivity index (χ1) is 9.90. The predicted octanol–water partition coefficient (Wildman–Crippen LogP) is 2.96. The van der Waals surface area contributed by atoms with Crippen molar-refractivity contribution in [3.05, 3.63) is 11.7 Å². The second-order valence-corrected chi connectivity index (χ2v) is 7.25. The van der Waals surface area contributed by atoms with E-state index in [1.165, 1.54) is 6.42 Å². The van der Waals surface area contributed by atoms with Crippen molar-refractivity contribution in [3.8, 4) is 0 Å². The zero-order chi connectivity index (χ0) is 15.2. The highest BCUT2D eigenvalue weighted by Gasteiger charge is 2.43. The number of nitrogens with two attached hydrogens (primary N) is 1. The number of rotatable bonds is 2. The molecular formula is C16H27N3O2. The molecular weight excluding hydrogens is 266 g/mol. The van der Waals surface area contributed by atoms with E-state index < -0.39 is 5.54 Å². The van der Waals surface area contributed by atoms with Gasteiger partial charge in [0.25, 0.3) is 0 Å². The van der Waals surface area contributed by atoms with Gasteiger partial charge in [-0.2, -0.15) is 4.98 Å². The molecule has 0 radical (unpaired) electrons. The molecule has 0 aromatic carbocycles. The van der Waals surface area contributed by atoms with Gasteiger partial charge >= 0.3 is 0 Å². The Labute approximate surface area is 126 Å². The number of ether oxygens (including phenoxy) is 1. The molecule has 0 bridgehead atoms. The van der Waals surface area contributed by atoms with Crippen molar-refractivity contribution >= 4 is 0 Å². The summed E-state index contributed by atoms with van der Waals surface area (Å²) in [7, 11) is 0. The van der Waals surface area contributed by atoms with Crippen molar-refractivity contribution in [2.24, 2.45) is 17.6 Å². The number of hydrogen-bond acceptors (Lipinski definition) is 5. The lowest BCUT2D eigenvalue weighted by molar-refractivity contribution is 0.0542. The minimum atomic E-state index is -0.420. The summed E-state index contributed by atoms with van der Waals surface area (Å²) in [6, 6.07) is 0. The Balaban J connectivity index is 1.83. The fourth-order valence-corrected chi connectivity index (χ4v) is 4.06. The molecule has 0 spiro atoms. The number of nitrogens with zero attached hydrogens (tertiary/aromatic N) is 2. The van der Waals surface area contributed by atoms with E-state index >= 15 is 0 Å². The van der Waals surface area contributed by atoms with Crippen LogP contribution >= 0.6 is 0 Å². The Morgan fingerprint density at radius 3 is 2.57 bits per heavy atom. The molecule has 6 atom stereocenters. The number of aromatic nitrogens is 2. The molecule has 6 unspecified atom stereocenters. The van der Waals surface area contributed by atoms with Gasteiger partial charge in [-0.25, -0.2) is 0 Å². The van der Waals surface area contributed by atoms with Crippen LogP contribution in [0, 0.1) is 11.8 Å². The van der Waals surface area contributed by atoms with Gasteiger partial charge < -0.3 is 15.0 Å². The standard InChI is InChI=1S/C16H27N3O2/c1-9-6-5-7-16(17,8-9)15-18-14(21-19-15)13-10(2)11(3)20-12(13)4/h9-13H,5-8,17H2,1-4H3. The van der Waals surface area contributed by atoms with Crippen molar-refractivity contribution in [3.63, 3.8) is 0 Å². The van der Waals surface area contributed by atoms with Gasteiger partial charge in [-0.1, -0.05) is 31.8 Å². The zero-order valence-corrected chi connectivity index (χ0v) is 13.5. The molecule has 0 amide bonds. The molecule has 1 saturated heterocycles. The molecule has 1 aliphatic carbocycles. The first kappa shape index (κ1) is 15.0. The van der Waals surface area contributed by atoms with Gasteiger partial charge in [0.1, 0.15) is 0 Å². The second kappa shape index (κ2) is 5.36. The van der Waals surface area contributed by atoms with Crippen LogP contribution in [0.2, 0.25) is 0 Å². The zero-order valence-electron chi connectivity index (χ0n) is 13.5. The third kappa shape index (κ3) is 2.61. The molecule has 2 aliphatic rings. The van der Waals surface area contributed by atoms with E-state index in [0.717, 1.165) is 19.3 Å². The van der Waals surface area contributed by atoms with Crippen LogP contribution in [-0.2, 0) is 10.3 Å². The summed E-state index contributed by atoms with van der Waals surface area (Å²) >= 11 is 0. The predicted molar refractivity (Wildman–Crippen MR) is 79.7 cm³/mol. The second-order valence-electron chi connectivity index (χ2n) is 7.25. The van der Waals surface area contributed by atoms with Gasteiger partial charge in [-0.15, -0.1) is 0 Å². The van der Waals surface area contributed by atoms with Gasteiger partial charge in [-0.3, -0.25) is 0 Å². The van der Waals surface area contributed by atoms with E-state index in [9.17, 15) is 0 Å². The van der Waals surface area contributed by atoms with Gasteiger partial charge in [0.05, 0.1) is 23.7 Å². The average Bonchev–Trinajstić information content (AvgIpc) is 2.96. The maximum atomic E-state index is 6.56. The van der Waals surface area contributed by atoms with E-state index in [1.54, 1.807) is 0 Å². The van der Waals surface area contributed by atoms with Crippen LogP contribution in [0.25, 0.3) is 0 Å². The molecule has 2 heterocycles. The highest BCUT2D eigenvalue weighted by atomic mass is 16.5. The van der Waals surface area contributed by atoms with Gasteiger partial charge in [0, 0.05) is 0 Å². The average molecular weight is 293 g/mol. The van der Waals surface area contributed by atoms with Crippen molar-refractivity contribution in [1.82, 2.24) is 10.1 Å². The Morgan fingerprint density at radius 2 is 1.95 bits per heavy atom. The van der Waals surface area contributed by atoms with Crippen LogP contribution in [-0.4, -0.2) is 22.3 Å². The van der Waals surface area contributed by atoms with Crippen LogP contribution in [0.4, 0.5) is 0 Å². The van der Waals surface area contributed by atoms with E-state index in [0.29, 0.717) is 23.6 Å². The maximum Gasteiger partial charge on any atom is 0.232 e. The van der Waals surface area contributed by atoms with E-state index in [4.69, 9.17) is 15.0 Å². The van der Waals surface area contributed by atoms with E-state index in [2.05, 4.69) is 37.8 Å². The molecule has 1 aromatic heterocycles. The Bertz CT molecular complexity index is 503. The molecule has 1 aromatic rings. The van der Waals surface area contributed by atoms with Crippen LogP contribution in [0.1, 0.15) is 71.0 Å². The van der Waals surface area contributed by atoms with Gasteiger partial charge in [-0.05, 0) is 38.5 Å². The molecule has 3 rings (SSSR count). The maximum absolute atomic E-state index is 6.56. The fraction of sp³-hybridized carbons (Fsp3) is 0.875. The summed E-state index contributed by atoms with van der Waals surface area (Å²) in [5.74, 6) is 2.55. The minimum absolute atomic E-state index is 0.113. The molecule has 5 nitrogen and oxygen atoms in total. The van der Waals surface area contributed by atoms with Crippen LogP contribution in [0.3, 0.4) is 0 Å². The lowest BCUT2D eigenvalue weighted by atomic mass is 9.76. The Kier molecular flexibility index (Phi) is 3.82. The summed E-state index contributed by atoms with van der Waals surface area (Å²) in [4.78, 5) is 4.67. The molecule has 21 heavy (non-hydrogen) atoms. The van der Waals surface area contributed by atoms with Crippen molar-refractivity contribution < 1.29 is 9.26 Å². The minimum Gasteiger partial charge on any atom is -0.374 e. The highest BCUT2D eigenvalue weighted by molar-refractivity contribution is 5.10. The first-order valence-electron chi connectivity index (χ1n) is 8.19. The third-order valence-corrected chi connectivity index (χ3v) is 5.45. The molecule has 118 valence electrons. The van der Waals surface area contributed by atoms with Crippen LogP contribution in [0.15, 0.2) is 4.52 Å². The van der Waals surface area contributed by atoms with Gasteiger partial charge in [0.2, 0.25) is 5.89 Å². The largest absolute Gasteiger partial charge is 0.374 e. The quantitative estimate of drug-likeness (QED) is 0.907. The van der Waals surface area contributed by atoms with Crippen molar-refractivity contribution in [2.45, 2.75) is 77.0 Å². The number of hydrogen-bond donors (Lipinski definition) is 1. The van der Waals surface area contributed by atoms with Crippen LogP contribution < -0.4 is 5.73 Å². The topological polar surface area (TPSA) is 74.2 Å². The van der Waals surface area contributed by atoms with Gasteiger partial charge in [0.15, 0.2) is 5.82 Å². The van der Waals surface area contributed by atoms with E-state index in [1.807, 2.05) is 0 Å². The summed E-state index contributed by atoms with van der Waals surface area (Å²) in [5.41, 5.74) is 6.14. The third-order valence-electron chi connectivity index (χ3n) is 5.45. The molecule has 2 fully saturated rings. The Hall–Kier alpha value is -0.940. The first-order valence-corrected chi connectivity index (χ1v) is 8.19. The van der Waals surface area contributed by atoms with Crippen LogP contribution in [0.5, 0.6) is 0 Å². The summed E-state index contributed by atoms with van der Waals surface area (Å²) < 4.78 is 11.4. The summed E-state index contributed by atoms with van der Waals surface area (Å²) in [5, 5.41) is 4.22. The summed E-state index contributed by atoms with van der Waals surface area (Å²) in [6.07, 6.45) is 4.60. The van der Waals surface area contributed by atoms with Crippen molar-refractivity contribution in [1.29, 1.82) is 0 Å². The lowest BCUT2D eigenvalue weighted by Gasteiger charge is -2.33. The molecule has 1 aliphatic heterocycles. The smallest absolute Gasteiger partial charge is 0.232 e. The summed E-state index contributed by atoms with van der Waals surface area (Å²) in [6.45, 7) is 8.61. The normalized spacial score (nSPS) is 44.1. The fourth-order valence-electron chi connectivity index (χ4n) is 4.06. The van der Waals surface area contributed by atoms with E-state index in [-0.39, 0.29) is 18.1 Å². The highest BCUT2D eigenvalue weighted by Crippen LogP contribution is 2.41. The SMILES string of the molecule is CC1CCCC(N)(c2noc(C3C(C)OC(C)C3C)n2)C1. The molecule has 2 N–H and O–H groups in total. The Morgan fingerprint density at radius 1 is 1.19 bits per heavy atom.